The molecular formula is C28H41N5O. The molecule has 0 radical (unpaired) electrons. The van der Waals surface area contributed by atoms with Crippen LogP contribution in [0.3, 0.4) is 0 Å². The molecule has 0 N–H and O–H groups in total. The van der Waals surface area contributed by atoms with Crippen molar-refractivity contribution < 1.29 is 4.74 Å². The number of benzene rings is 1. The lowest BCUT2D eigenvalue weighted by atomic mass is 9.81. The quantitative estimate of drug-likeness (QED) is 0.602. The van der Waals surface area contributed by atoms with Crippen LogP contribution in [-0.2, 0) is 17.8 Å². The Hall–Kier alpha value is -2.02. The van der Waals surface area contributed by atoms with Gasteiger partial charge in [0.05, 0.1) is 11.3 Å². The fourth-order valence-corrected chi connectivity index (χ4v) is 6.05. The lowest BCUT2D eigenvalue weighted by Crippen LogP contribution is -2.53. The van der Waals surface area contributed by atoms with Crippen molar-refractivity contribution in [2.24, 2.45) is 0 Å². The SMILES string of the molecule is CCN(Cc1ccnc(N2CCCCC2)n1)[C@@H]1CCOC2(CCN(Cc3ccccc3)CC2)C1. The zero-order valence-electron chi connectivity index (χ0n) is 20.9. The molecule has 184 valence electrons. The molecule has 3 saturated heterocycles. The van der Waals surface area contributed by atoms with Crippen LogP contribution in [0.1, 0.15) is 63.1 Å². The molecule has 3 aliphatic rings. The summed E-state index contributed by atoms with van der Waals surface area (Å²) in [7, 11) is 0. The van der Waals surface area contributed by atoms with Gasteiger partial charge in [0.2, 0.25) is 5.95 Å². The van der Waals surface area contributed by atoms with E-state index in [1.54, 1.807) is 0 Å². The summed E-state index contributed by atoms with van der Waals surface area (Å²) in [5, 5.41) is 0. The minimum Gasteiger partial charge on any atom is -0.375 e. The first-order chi connectivity index (χ1) is 16.7. The second kappa shape index (κ2) is 11.1. The van der Waals surface area contributed by atoms with Gasteiger partial charge in [-0.25, -0.2) is 9.97 Å². The molecule has 3 fully saturated rings. The first-order valence-electron chi connectivity index (χ1n) is 13.4. The second-order valence-electron chi connectivity index (χ2n) is 10.4. The Labute approximate surface area is 205 Å². The third-order valence-electron chi connectivity index (χ3n) is 8.11. The van der Waals surface area contributed by atoms with Crippen molar-refractivity contribution in [2.75, 3.05) is 44.2 Å². The summed E-state index contributed by atoms with van der Waals surface area (Å²) in [4.78, 5) is 17.1. The Morgan fingerprint density at radius 1 is 1.03 bits per heavy atom. The van der Waals surface area contributed by atoms with E-state index in [4.69, 9.17) is 9.72 Å². The molecule has 1 aromatic carbocycles. The largest absolute Gasteiger partial charge is 0.375 e. The third-order valence-corrected chi connectivity index (χ3v) is 8.11. The summed E-state index contributed by atoms with van der Waals surface area (Å²) in [5.74, 6) is 0.919. The van der Waals surface area contributed by atoms with Gasteiger partial charge in [-0.3, -0.25) is 9.80 Å². The monoisotopic (exact) mass is 463 g/mol. The van der Waals surface area contributed by atoms with Gasteiger partial charge < -0.3 is 9.64 Å². The van der Waals surface area contributed by atoms with Gasteiger partial charge in [-0.1, -0.05) is 37.3 Å². The van der Waals surface area contributed by atoms with E-state index >= 15 is 0 Å². The number of anilines is 1. The highest BCUT2D eigenvalue weighted by Gasteiger charge is 2.41. The van der Waals surface area contributed by atoms with Gasteiger partial charge in [-0.05, 0) is 63.1 Å². The smallest absolute Gasteiger partial charge is 0.225 e. The standard InChI is InChI=1S/C28H41N5O/c1-2-32(23-25-11-15-29-27(30-25)33-16-7-4-8-17-33)26-12-20-34-28(21-26)13-18-31(19-14-28)22-24-9-5-3-6-10-24/h3,5-6,9-11,15,26H,2,4,7-8,12-14,16-23H2,1H3/t26-/m1/s1. The van der Waals surface area contributed by atoms with Gasteiger partial charge in [0.1, 0.15) is 0 Å². The number of rotatable bonds is 7. The minimum absolute atomic E-state index is 0.0498. The van der Waals surface area contributed by atoms with E-state index in [9.17, 15) is 0 Å². The average Bonchev–Trinajstić information content (AvgIpc) is 2.90. The van der Waals surface area contributed by atoms with Crippen LogP contribution in [0.2, 0.25) is 0 Å². The van der Waals surface area contributed by atoms with Crippen molar-refractivity contribution in [3.63, 3.8) is 0 Å². The minimum atomic E-state index is 0.0498. The summed E-state index contributed by atoms with van der Waals surface area (Å²) in [5.41, 5.74) is 2.61. The van der Waals surface area contributed by atoms with Gasteiger partial charge in [0.25, 0.3) is 0 Å². The number of likely N-dealkylation sites (tertiary alicyclic amines) is 1. The molecule has 6 heteroatoms. The Bertz CT molecular complexity index is 893. The fourth-order valence-electron chi connectivity index (χ4n) is 6.05. The van der Waals surface area contributed by atoms with E-state index in [2.05, 4.69) is 63.0 Å². The molecule has 1 spiro atoms. The highest BCUT2D eigenvalue weighted by molar-refractivity contribution is 5.30. The van der Waals surface area contributed by atoms with Crippen molar-refractivity contribution in [3.05, 3.63) is 53.9 Å². The molecule has 34 heavy (non-hydrogen) atoms. The first-order valence-corrected chi connectivity index (χ1v) is 13.4. The van der Waals surface area contributed by atoms with Crippen LogP contribution in [0, 0.1) is 0 Å². The number of ether oxygens (including phenoxy) is 1. The Morgan fingerprint density at radius 2 is 1.82 bits per heavy atom. The normalized spacial score (nSPS) is 23.5. The van der Waals surface area contributed by atoms with Gasteiger partial charge in [-0.2, -0.15) is 0 Å². The number of hydrogen-bond acceptors (Lipinski definition) is 6. The van der Waals surface area contributed by atoms with Crippen LogP contribution in [-0.4, -0.2) is 70.7 Å². The molecule has 0 amide bonds. The Morgan fingerprint density at radius 3 is 2.59 bits per heavy atom. The Balaban J connectivity index is 1.18. The summed E-state index contributed by atoms with van der Waals surface area (Å²) in [6.07, 6.45) is 10.3. The van der Waals surface area contributed by atoms with Crippen LogP contribution in [0.25, 0.3) is 0 Å². The predicted molar refractivity (Wildman–Crippen MR) is 137 cm³/mol. The maximum absolute atomic E-state index is 6.49. The molecule has 1 atom stereocenters. The lowest BCUT2D eigenvalue weighted by molar-refractivity contribution is -0.134. The van der Waals surface area contributed by atoms with Gasteiger partial charge >= 0.3 is 0 Å². The molecule has 0 aliphatic carbocycles. The summed E-state index contributed by atoms with van der Waals surface area (Å²) in [6.45, 7) is 10.6. The molecule has 1 aromatic heterocycles. The van der Waals surface area contributed by atoms with E-state index in [1.165, 1.54) is 24.8 Å². The highest BCUT2D eigenvalue weighted by atomic mass is 16.5. The van der Waals surface area contributed by atoms with Crippen molar-refractivity contribution in [1.29, 1.82) is 0 Å². The maximum Gasteiger partial charge on any atom is 0.225 e. The van der Waals surface area contributed by atoms with Crippen molar-refractivity contribution >= 4 is 5.95 Å². The van der Waals surface area contributed by atoms with Gasteiger partial charge in [0, 0.05) is 58.1 Å². The number of aromatic nitrogens is 2. The Kier molecular flexibility index (Phi) is 7.77. The number of nitrogens with zero attached hydrogens (tertiary/aromatic N) is 5. The van der Waals surface area contributed by atoms with Crippen LogP contribution in [0.5, 0.6) is 0 Å². The van der Waals surface area contributed by atoms with Crippen LogP contribution >= 0.6 is 0 Å². The van der Waals surface area contributed by atoms with Crippen LogP contribution in [0.4, 0.5) is 5.95 Å². The zero-order valence-corrected chi connectivity index (χ0v) is 20.9. The molecule has 2 aromatic rings. The second-order valence-corrected chi connectivity index (χ2v) is 10.4. The molecule has 0 saturated carbocycles. The number of hydrogen-bond donors (Lipinski definition) is 0. The van der Waals surface area contributed by atoms with E-state index < -0.39 is 0 Å². The average molecular weight is 464 g/mol. The number of piperidine rings is 2. The molecular weight excluding hydrogens is 422 g/mol. The van der Waals surface area contributed by atoms with Crippen molar-refractivity contribution in [3.8, 4) is 0 Å². The molecule has 0 unspecified atom stereocenters. The summed E-state index contributed by atoms with van der Waals surface area (Å²) >= 11 is 0. The van der Waals surface area contributed by atoms with E-state index in [0.717, 1.165) is 89.7 Å². The lowest BCUT2D eigenvalue weighted by Gasteiger charge is -2.48. The maximum atomic E-state index is 6.49. The first kappa shape index (κ1) is 23.7. The summed E-state index contributed by atoms with van der Waals surface area (Å²) < 4.78 is 6.49. The topological polar surface area (TPSA) is 44.7 Å². The van der Waals surface area contributed by atoms with Crippen molar-refractivity contribution in [1.82, 2.24) is 19.8 Å². The molecule has 0 bridgehead atoms. The molecule has 3 aliphatic heterocycles. The molecule has 6 nitrogen and oxygen atoms in total. The predicted octanol–water partition coefficient (Wildman–Crippen LogP) is 4.50. The third kappa shape index (κ3) is 5.78. The highest BCUT2D eigenvalue weighted by Crippen LogP contribution is 2.37. The van der Waals surface area contributed by atoms with Gasteiger partial charge in [0.15, 0.2) is 0 Å². The van der Waals surface area contributed by atoms with E-state index in [1.807, 2.05) is 6.20 Å². The summed E-state index contributed by atoms with van der Waals surface area (Å²) in [6, 6.07) is 13.5. The zero-order chi connectivity index (χ0) is 23.2. The van der Waals surface area contributed by atoms with Crippen LogP contribution in [0.15, 0.2) is 42.6 Å². The van der Waals surface area contributed by atoms with Crippen LogP contribution < -0.4 is 4.90 Å². The van der Waals surface area contributed by atoms with E-state index in [-0.39, 0.29) is 5.60 Å². The van der Waals surface area contributed by atoms with Gasteiger partial charge in [-0.15, -0.1) is 0 Å². The molecule has 5 rings (SSSR count). The molecule has 4 heterocycles. The van der Waals surface area contributed by atoms with Crippen molar-refractivity contribution in [2.45, 2.75) is 76.6 Å². The van der Waals surface area contributed by atoms with E-state index in [0.29, 0.717) is 6.04 Å². The fraction of sp³-hybridized carbons (Fsp3) is 0.643.